The van der Waals surface area contributed by atoms with Gasteiger partial charge in [-0.1, -0.05) is 31.4 Å². The molecule has 1 saturated heterocycles. The minimum Gasteiger partial charge on any atom is -0.350 e. The van der Waals surface area contributed by atoms with Crippen LogP contribution in [-0.2, 0) is 0 Å². The van der Waals surface area contributed by atoms with Crippen molar-refractivity contribution in [2.24, 2.45) is 0 Å². The number of amides is 1. The van der Waals surface area contributed by atoms with Crippen molar-refractivity contribution in [1.82, 2.24) is 15.2 Å². The van der Waals surface area contributed by atoms with Gasteiger partial charge in [0.25, 0.3) is 5.91 Å². The molecule has 2 aromatic rings. The number of nitrogens with one attached hydrogen (secondary N) is 1. The topological polar surface area (TPSA) is 45.2 Å². The van der Waals surface area contributed by atoms with Crippen LogP contribution in [-0.4, -0.2) is 41.0 Å². The summed E-state index contributed by atoms with van der Waals surface area (Å²) in [5.74, 6) is 0.0387. The Bertz CT molecular complexity index is 820. The van der Waals surface area contributed by atoms with Gasteiger partial charge in [0.15, 0.2) is 0 Å². The van der Waals surface area contributed by atoms with Crippen LogP contribution in [0.4, 0.5) is 0 Å². The Hall–Kier alpha value is -2.20. The lowest BCUT2D eigenvalue weighted by Gasteiger charge is -2.45. The van der Waals surface area contributed by atoms with Crippen LogP contribution in [0.2, 0.25) is 0 Å². The van der Waals surface area contributed by atoms with Crippen molar-refractivity contribution in [2.75, 3.05) is 19.6 Å². The molecule has 4 nitrogen and oxygen atoms in total. The summed E-state index contributed by atoms with van der Waals surface area (Å²) in [6.07, 6.45) is 10.7. The third kappa shape index (κ3) is 4.12. The average molecular weight is 378 g/mol. The minimum atomic E-state index is 0.0387. The molecule has 0 spiro atoms. The van der Waals surface area contributed by atoms with Gasteiger partial charge >= 0.3 is 0 Å². The highest BCUT2D eigenvalue weighted by molar-refractivity contribution is 5.95. The predicted molar refractivity (Wildman–Crippen MR) is 113 cm³/mol. The molecule has 1 amide bonds. The van der Waals surface area contributed by atoms with Crippen LogP contribution in [0.25, 0.3) is 11.1 Å². The van der Waals surface area contributed by atoms with Gasteiger partial charge in [-0.25, -0.2) is 0 Å². The first-order chi connectivity index (χ1) is 13.7. The molecule has 1 N–H and O–H groups in total. The highest BCUT2D eigenvalue weighted by Gasteiger charge is 2.39. The molecule has 0 radical (unpaired) electrons. The molecule has 1 aromatic carbocycles. The van der Waals surface area contributed by atoms with E-state index in [0.717, 1.165) is 28.9 Å². The van der Waals surface area contributed by atoms with E-state index in [0.29, 0.717) is 0 Å². The molecule has 148 valence electrons. The number of rotatable bonds is 5. The third-order valence-corrected chi connectivity index (χ3v) is 6.49. The summed E-state index contributed by atoms with van der Waals surface area (Å²) in [5, 5.41) is 3.28. The zero-order chi connectivity index (χ0) is 19.4. The van der Waals surface area contributed by atoms with Crippen LogP contribution in [0.3, 0.4) is 0 Å². The van der Waals surface area contributed by atoms with Gasteiger partial charge in [0.1, 0.15) is 0 Å². The maximum atomic E-state index is 13.0. The summed E-state index contributed by atoms with van der Waals surface area (Å²) in [5.41, 5.74) is 4.05. The molecule has 0 atom stereocenters. The largest absolute Gasteiger partial charge is 0.350 e. The zero-order valence-corrected chi connectivity index (χ0v) is 16.9. The molecule has 1 aromatic heterocycles. The fourth-order valence-electron chi connectivity index (χ4n) is 4.92. The number of carbonyl (C=O) groups excluding carboxylic acids is 1. The van der Waals surface area contributed by atoms with Crippen molar-refractivity contribution >= 4 is 5.91 Å². The Morgan fingerprint density at radius 1 is 1.04 bits per heavy atom. The van der Waals surface area contributed by atoms with Crippen LogP contribution in [0, 0.1) is 6.92 Å². The normalized spacial score (nSPS) is 19.5. The number of hydrogen-bond donors (Lipinski definition) is 1. The van der Waals surface area contributed by atoms with E-state index >= 15 is 0 Å². The first kappa shape index (κ1) is 19.1. The lowest BCUT2D eigenvalue weighted by Crippen LogP contribution is -2.55. The van der Waals surface area contributed by atoms with Crippen molar-refractivity contribution in [1.29, 1.82) is 0 Å². The van der Waals surface area contributed by atoms with Crippen molar-refractivity contribution in [3.63, 3.8) is 0 Å². The molecule has 2 aliphatic rings. The lowest BCUT2D eigenvalue weighted by molar-refractivity contribution is 0.0652. The van der Waals surface area contributed by atoms with Crippen molar-refractivity contribution in [3.05, 3.63) is 53.9 Å². The van der Waals surface area contributed by atoms with E-state index in [9.17, 15) is 4.79 Å². The molecule has 2 heterocycles. The van der Waals surface area contributed by atoms with Gasteiger partial charge in [0.2, 0.25) is 0 Å². The number of hydrogen-bond acceptors (Lipinski definition) is 3. The lowest BCUT2D eigenvalue weighted by atomic mass is 9.80. The van der Waals surface area contributed by atoms with E-state index in [1.165, 1.54) is 58.0 Å². The summed E-state index contributed by atoms with van der Waals surface area (Å²) >= 11 is 0. The van der Waals surface area contributed by atoms with E-state index in [1.54, 1.807) is 0 Å². The number of likely N-dealkylation sites (tertiary alicyclic amines) is 1. The summed E-state index contributed by atoms with van der Waals surface area (Å²) in [4.78, 5) is 19.9. The van der Waals surface area contributed by atoms with E-state index in [1.807, 2.05) is 37.4 Å². The Kier molecular flexibility index (Phi) is 5.77. The summed E-state index contributed by atoms with van der Waals surface area (Å²) in [7, 11) is 0. The standard InChI is InChI=1S/C24H31N3O/c1-19-16-21(10-13-25-19)20-8-7-9-22(17-20)23(28)26-18-24(11-3-2-4-12-24)27-14-5-6-15-27/h7-10,13,16-17H,2-6,11-12,14-15,18H2,1H3,(H,26,28). The van der Waals surface area contributed by atoms with Gasteiger partial charge in [-0.05, 0) is 81.1 Å². The smallest absolute Gasteiger partial charge is 0.251 e. The number of pyridine rings is 1. The first-order valence-corrected chi connectivity index (χ1v) is 10.7. The third-order valence-electron chi connectivity index (χ3n) is 6.49. The van der Waals surface area contributed by atoms with E-state index in [2.05, 4.69) is 27.3 Å². The Balaban J connectivity index is 1.48. The SMILES string of the molecule is Cc1cc(-c2cccc(C(=O)NCC3(N4CCCC4)CCCCC3)c2)ccn1. The number of aromatic nitrogens is 1. The number of nitrogens with zero attached hydrogens (tertiary/aromatic N) is 2. The Morgan fingerprint density at radius 3 is 2.54 bits per heavy atom. The molecule has 1 saturated carbocycles. The fraction of sp³-hybridized carbons (Fsp3) is 0.500. The first-order valence-electron chi connectivity index (χ1n) is 10.7. The second-order valence-corrected chi connectivity index (χ2v) is 8.43. The van der Waals surface area contributed by atoms with Crippen LogP contribution < -0.4 is 5.32 Å². The van der Waals surface area contributed by atoms with Crippen molar-refractivity contribution < 1.29 is 4.79 Å². The second-order valence-electron chi connectivity index (χ2n) is 8.43. The van der Waals surface area contributed by atoms with Gasteiger partial charge < -0.3 is 5.32 Å². The zero-order valence-electron chi connectivity index (χ0n) is 16.9. The molecule has 1 aliphatic heterocycles. The molecule has 4 heteroatoms. The van der Waals surface area contributed by atoms with Crippen LogP contribution in [0.15, 0.2) is 42.6 Å². The molecule has 2 fully saturated rings. The Labute approximate surface area is 168 Å². The van der Waals surface area contributed by atoms with Gasteiger partial charge in [0, 0.05) is 29.5 Å². The molecule has 28 heavy (non-hydrogen) atoms. The molecule has 4 rings (SSSR count). The Morgan fingerprint density at radius 2 is 1.79 bits per heavy atom. The molecule has 1 aliphatic carbocycles. The maximum absolute atomic E-state index is 13.0. The van der Waals surface area contributed by atoms with E-state index in [4.69, 9.17) is 0 Å². The minimum absolute atomic E-state index is 0.0387. The summed E-state index contributed by atoms with van der Waals surface area (Å²) < 4.78 is 0. The van der Waals surface area contributed by atoms with Gasteiger partial charge in [-0.15, -0.1) is 0 Å². The van der Waals surface area contributed by atoms with Crippen molar-refractivity contribution in [3.8, 4) is 11.1 Å². The second kappa shape index (κ2) is 8.44. The molecule has 0 unspecified atom stereocenters. The average Bonchev–Trinajstić information content (AvgIpc) is 3.28. The molecule has 0 bridgehead atoms. The van der Waals surface area contributed by atoms with Crippen LogP contribution in [0.5, 0.6) is 0 Å². The number of benzene rings is 1. The maximum Gasteiger partial charge on any atom is 0.251 e. The highest BCUT2D eigenvalue weighted by atomic mass is 16.1. The van der Waals surface area contributed by atoms with Crippen molar-refractivity contribution in [2.45, 2.75) is 57.4 Å². The summed E-state index contributed by atoms with van der Waals surface area (Å²) in [6.45, 7) is 5.13. The van der Waals surface area contributed by atoms with Gasteiger partial charge in [-0.3, -0.25) is 14.7 Å². The highest BCUT2D eigenvalue weighted by Crippen LogP contribution is 2.35. The van der Waals surface area contributed by atoms with Crippen LogP contribution >= 0.6 is 0 Å². The monoisotopic (exact) mass is 377 g/mol. The van der Waals surface area contributed by atoms with E-state index < -0.39 is 0 Å². The predicted octanol–water partition coefficient (Wildman–Crippen LogP) is 4.59. The molecular formula is C24H31N3O. The molecular weight excluding hydrogens is 346 g/mol. The number of carbonyl (C=O) groups is 1. The fourth-order valence-corrected chi connectivity index (χ4v) is 4.92. The summed E-state index contributed by atoms with van der Waals surface area (Å²) in [6, 6.07) is 12.0. The van der Waals surface area contributed by atoms with E-state index in [-0.39, 0.29) is 11.4 Å². The number of aryl methyl sites for hydroxylation is 1. The van der Waals surface area contributed by atoms with Gasteiger partial charge in [0.05, 0.1) is 0 Å². The quantitative estimate of drug-likeness (QED) is 0.829. The van der Waals surface area contributed by atoms with Crippen LogP contribution in [0.1, 0.15) is 61.0 Å². The van der Waals surface area contributed by atoms with Gasteiger partial charge in [-0.2, -0.15) is 0 Å².